The molecule has 1 aromatic rings. The number of para-hydroxylation sites is 1. The molecule has 16 heavy (non-hydrogen) atoms. The number of hydrogen-bond acceptors (Lipinski definition) is 2. The van der Waals surface area contributed by atoms with E-state index < -0.39 is 0 Å². The number of amides is 1. The first-order valence-electron chi connectivity index (χ1n) is 5.73. The smallest absolute Gasteiger partial charge is 0.242 e. The van der Waals surface area contributed by atoms with Gasteiger partial charge in [-0.05, 0) is 32.9 Å². The number of likely N-dealkylation sites (N-methyl/N-ethyl adjacent to an activating group) is 1. The molecule has 1 aromatic carbocycles. The first-order chi connectivity index (χ1) is 7.65. The fourth-order valence-corrected chi connectivity index (χ4v) is 1.66. The van der Waals surface area contributed by atoms with Crippen molar-refractivity contribution in [1.82, 2.24) is 4.90 Å². The third-order valence-corrected chi connectivity index (χ3v) is 2.50. The van der Waals surface area contributed by atoms with Crippen LogP contribution >= 0.6 is 0 Å². The van der Waals surface area contributed by atoms with Crippen LogP contribution in [0, 0.1) is 0 Å². The minimum Gasteiger partial charge on any atom is -0.376 e. The van der Waals surface area contributed by atoms with Gasteiger partial charge in [0.2, 0.25) is 5.91 Å². The van der Waals surface area contributed by atoms with Gasteiger partial charge in [0.05, 0.1) is 6.54 Å². The van der Waals surface area contributed by atoms with Crippen LogP contribution in [0.15, 0.2) is 30.3 Å². The van der Waals surface area contributed by atoms with Crippen molar-refractivity contribution in [3.05, 3.63) is 30.3 Å². The van der Waals surface area contributed by atoms with E-state index >= 15 is 0 Å². The van der Waals surface area contributed by atoms with Gasteiger partial charge in [0.15, 0.2) is 0 Å². The summed E-state index contributed by atoms with van der Waals surface area (Å²) in [6.07, 6.45) is 0. The molecule has 1 N–H and O–H groups in total. The molecule has 0 aliphatic heterocycles. The lowest BCUT2D eigenvalue weighted by Gasteiger charge is -2.25. The average molecular weight is 220 g/mol. The van der Waals surface area contributed by atoms with Crippen LogP contribution in [-0.2, 0) is 4.79 Å². The highest BCUT2D eigenvalue weighted by Crippen LogP contribution is 2.05. The van der Waals surface area contributed by atoms with Gasteiger partial charge in [-0.25, -0.2) is 0 Å². The molecule has 0 aliphatic carbocycles. The minimum atomic E-state index is 0.140. The molecule has 3 nitrogen and oxygen atoms in total. The van der Waals surface area contributed by atoms with E-state index in [1.165, 1.54) is 0 Å². The number of carbonyl (C=O) groups is 1. The highest BCUT2D eigenvalue weighted by atomic mass is 16.2. The molecule has 0 saturated carbocycles. The molecule has 0 spiro atoms. The van der Waals surface area contributed by atoms with Gasteiger partial charge in [-0.3, -0.25) is 4.79 Å². The second-order valence-corrected chi connectivity index (χ2v) is 3.99. The predicted octanol–water partition coefficient (Wildman–Crippen LogP) is 2.36. The van der Waals surface area contributed by atoms with E-state index in [0.29, 0.717) is 6.54 Å². The summed E-state index contributed by atoms with van der Waals surface area (Å²) in [6.45, 7) is 7.18. The lowest BCUT2D eigenvalue weighted by atomic mass is 10.3. The maximum atomic E-state index is 11.9. The molecule has 0 aromatic heterocycles. The fraction of sp³-hybridized carbons (Fsp3) is 0.462. The molecule has 0 atom stereocenters. The lowest BCUT2D eigenvalue weighted by molar-refractivity contribution is -0.130. The standard InChI is InChI=1S/C13H20N2O/c1-4-15(11(2)3)13(16)10-14-12-8-6-5-7-9-12/h5-9,11,14H,4,10H2,1-3H3. The highest BCUT2D eigenvalue weighted by Gasteiger charge is 2.13. The van der Waals surface area contributed by atoms with Crippen LogP contribution in [0.1, 0.15) is 20.8 Å². The van der Waals surface area contributed by atoms with Gasteiger partial charge >= 0.3 is 0 Å². The summed E-state index contributed by atoms with van der Waals surface area (Å²) in [5, 5.41) is 3.12. The van der Waals surface area contributed by atoms with Crippen molar-refractivity contribution in [3.8, 4) is 0 Å². The predicted molar refractivity (Wildman–Crippen MR) is 67.5 cm³/mol. The summed E-state index contributed by atoms with van der Waals surface area (Å²) in [5.74, 6) is 0.140. The van der Waals surface area contributed by atoms with E-state index in [9.17, 15) is 4.79 Å². The molecule has 3 heteroatoms. The Balaban J connectivity index is 2.46. The number of anilines is 1. The zero-order valence-electron chi connectivity index (χ0n) is 10.2. The van der Waals surface area contributed by atoms with Gasteiger partial charge in [-0.15, -0.1) is 0 Å². The summed E-state index contributed by atoms with van der Waals surface area (Å²) in [4.78, 5) is 13.7. The quantitative estimate of drug-likeness (QED) is 0.826. The second-order valence-electron chi connectivity index (χ2n) is 3.99. The van der Waals surface area contributed by atoms with Crippen molar-refractivity contribution in [2.45, 2.75) is 26.8 Å². The van der Waals surface area contributed by atoms with Crippen LogP contribution < -0.4 is 5.32 Å². The summed E-state index contributed by atoms with van der Waals surface area (Å²) in [6, 6.07) is 10.0. The summed E-state index contributed by atoms with van der Waals surface area (Å²) in [5.41, 5.74) is 0.982. The number of benzene rings is 1. The first kappa shape index (κ1) is 12.6. The Morgan fingerprint density at radius 2 is 1.94 bits per heavy atom. The fourth-order valence-electron chi connectivity index (χ4n) is 1.66. The zero-order chi connectivity index (χ0) is 12.0. The van der Waals surface area contributed by atoms with Crippen LogP contribution in [0.2, 0.25) is 0 Å². The SMILES string of the molecule is CCN(C(=O)CNc1ccccc1)C(C)C. The maximum Gasteiger partial charge on any atom is 0.242 e. The van der Waals surface area contributed by atoms with Gasteiger partial charge in [-0.2, -0.15) is 0 Å². The number of rotatable bonds is 5. The molecule has 0 unspecified atom stereocenters. The highest BCUT2D eigenvalue weighted by molar-refractivity contribution is 5.81. The van der Waals surface area contributed by atoms with Gasteiger partial charge in [0.1, 0.15) is 0 Å². The molecule has 0 heterocycles. The van der Waals surface area contributed by atoms with Crippen molar-refractivity contribution >= 4 is 11.6 Å². The topological polar surface area (TPSA) is 32.3 Å². The second kappa shape index (κ2) is 6.16. The van der Waals surface area contributed by atoms with Crippen molar-refractivity contribution in [1.29, 1.82) is 0 Å². The Morgan fingerprint density at radius 1 is 1.31 bits per heavy atom. The molecule has 0 radical (unpaired) electrons. The molecular weight excluding hydrogens is 200 g/mol. The monoisotopic (exact) mass is 220 g/mol. The Bertz CT molecular complexity index is 322. The summed E-state index contributed by atoms with van der Waals surface area (Å²) >= 11 is 0. The zero-order valence-corrected chi connectivity index (χ0v) is 10.2. The van der Waals surface area contributed by atoms with Crippen molar-refractivity contribution in [2.75, 3.05) is 18.4 Å². The third kappa shape index (κ3) is 3.57. The van der Waals surface area contributed by atoms with Gasteiger partial charge < -0.3 is 10.2 Å². The van der Waals surface area contributed by atoms with Gasteiger partial charge in [0.25, 0.3) is 0 Å². The molecule has 1 amide bonds. The van der Waals surface area contributed by atoms with E-state index in [4.69, 9.17) is 0 Å². The molecule has 0 aliphatic rings. The van der Waals surface area contributed by atoms with Crippen LogP contribution in [0.5, 0.6) is 0 Å². The molecule has 0 bridgehead atoms. The van der Waals surface area contributed by atoms with Crippen molar-refractivity contribution in [2.24, 2.45) is 0 Å². The van der Waals surface area contributed by atoms with E-state index in [1.54, 1.807) is 0 Å². The lowest BCUT2D eigenvalue weighted by Crippen LogP contribution is -2.40. The molecule has 1 rings (SSSR count). The average Bonchev–Trinajstić information content (AvgIpc) is 2.28. The Labute approximate surface area is 97.5 Å². The number of carbonyl (C=O) groups excluding carboxylic acids is 1. The largest absolute Gasteiger partial charge is 0.376 e. The van der Waals surface area contributed by atoms with Gasteiger partial charge in [0, 0.05) is 18.3 Å². The maximum absolute atomic E-state index is 11.9. The number of nitrogens with one attached hydrogen (secondary N) is 1. The van der Waals surface area contributed by atoms with Crippen LogP contribution in [0.25, 0.3) is 0 Å². The van der Waals surface area contributed by atoms with Crippen molar-refractivity contribution in [3.63, 3.8) is 0 Å². The summed E-state index contributed by atoms with van der Waals surface area (Å²) < 4.78 is 0. The van der Waals surface area contributed by atoms with Crippen LogP contribution in [-0.4, -0.2) is 29.9 Å². The summed E-state index contributed by atoms with van der Waals surface area (Å²) in [7, 11) is 0. The number of hydrogen-bond donors (Lipinski definition) is 1. The Morgan fingerprint density at radius 3 is 2.44 bits per heavy atom. The Hall–Kier alpha value is -1.51. The first-order valence-corrected chi connectivity index (χ1v) is 5.73. The van der Waals surface area contributed by atoms with Gasteiger partial charge in [-0.1, -0.05) is 18.2 Å². The van der Waals surface area contributed by atoms with E-state index in [1.807, 2.05) is 56.0 Å². The number of nitrogens with zero attached hydrogens (tertiary/aromatic N) is 1. The van der Waals surface area contributed by atoms with E-state index in [2.05, 4.69) is 5.32 Å². The minimum absolute atomic E-state index is 0.140. The molecule has 0 fully saturated rings. The molecule has 0 saturated heterocycles. The third-order valence-electron chi connectivity index (χ3n) is 2.50. The normalized spacial score (nSPS) is 10.2. The molecular formula is C13H20N2O. The van der Waals surface area contributed by atoms with Crippen LogP contribution in [0.3, 0.4) is 0 Å². The van der Waals surface area contributed by atoms with Crippen molar-refractivity contribution < 1.29 is 4.79 Å². The van der Waals surface area contributed by atoms with Crippen LogP contribution in [0.4, 0.5) is 5.69 Å². The molecule has 88 valence electrons. The van der Waals surface area contributed by atoms with E-state index in [-0.39, 0.29) is 11.9 Å². The van der Waals surface area contributed by atoms with E-state index in [0.717, 1.165) is 12.2 Å². The Kier molecular flexibility index (Phi) is 4.83.